The minimum Gasteiger partial charge on any atom is -0.309 e. The summed E-state index contributed by atoms with van der Waals surface area (Å²) in [5, 5.41) is 10.3. The predicted octanol–water partition coefficient (Wildman–Crippen LogP) is 4.18. The molecule has 1 N–H and O–H groups in total. The van der Waals surface area contributed by atoms with Crippen molar-refractivity contribution in [2.75, 3.05) is 0 Å². The molecule has 3 heterocycles. The highest BCUT2D eigenvalue weighted by Gasteiger charge is 2.29. The lowest BCUT2D eigenvalue weighted by atomic mass is 9.98. The van der Waals surface area contributed by atoms with Crippen LogP contribution in [0, 0.1) is 12.8 Å². The first-order chi connectivity index (χ1) is 13.0. The topological polar surface area (TPSA) is 76.5 Å². The van der Waals surface area contributed by atoms with E-state index in [-0.39, 0.29) is 5.56 Å². The van der Waals surface area contributed by atoms with Crippen molar-refractivity contribution < 1.29 is 0 Å². The average molecular weight is 404 g/mol. The van der Waals surface area contributed by atoms with Crippen LogP contribution in [0.4, 0.5) is 0 Å². The number of aryl methyl sites for hydroxylation is 1. The first-order valence-electron chi connectivity index (χ1n) is 9.51. The zero-order chi connectivity index (χ0) is 19.1. The van der Waals surface area contributed by atoms with E-state index in [1.807, 2.05) is 7.05 Å². The summed E-state index contributed by atoms with van der Waals surface area (Å²) in [6.07, 6.45) is 4.46. The van der Waals surface area contributed by atoms with Crippen LogP contribution in [0.3, 0.4) is 0 Å². The van der Waals surface area contributed by atoms with Gasteiger partial charge < -0.3 is 9.55 Å². The van der Waals surface area contributed by atoms with Crippen molar-refractivity contribution in [3.8, 4) is 0 Å². The van der Waals surface area contributed by atoms with Gasteiger partial charge in [-0.25, -0.2) is 4.98 Å². The number of rotatable bonds is 7. The van der Waals surface area contributed by atoms with Crippen LogP contribution in [-0.2, 0) is 19.2 Å². The molecule has 0 spiro atoms. The second-order valence-corrected chi connectivity index (χ2v) is 9.66. The summed E-state index contributed by atoms with van der Waals surface area (Å²) in [5.41, 5.74) is 1.15. The standard InChI is InChI=1S/C19H25N5OS2/c1-5-10(2)8-13-11(3)27-18-15(13)17(25)20-14(21-18)9-26-19-23-22-16(24(19)4)12-6-7-12/h10,12H,5-9H2,1-4H3,(H,20,21,25). The van der Waals surface area contributed by atoms with Crippen LogP contribution in [0.2, 0.25) is 0 Å². The zero-order valence-corrected chi connectivity index (χ0v) is 17.8. The van der Waals surface area contributed by atoms with Crippen LogP contribution in [-0.4, -0.2) is 24.7 Å². The van der Waals surface area contributed by atoms with Gasteiger partial charge >= 0.3 is 0 Å². The highest BCUT2D eigenvalue weighted by Crippen LogP contribution is 2.39. The third-order valence-electron chi connectivity index (χ3n) is 5.31. The molecule has 1 unspecified atom stereocenters. The van der Waals surface area contributed by atoms with Gasteiger partial charge in [0, 0.05) is 17.8 Å². The van der Waals surface area contributed by atoms with Crippen molar-refractivity contribution in [2.45, 2.75) is 63.3 Å². The Kier molecular flexibility index (Phi) is 5.11. The molecule has 1 aliphatic rings. The molecule has 3 aromatic rings. The van der Waals surface area contributed by atoms with Gasteiger partial charge in [0.05, 0.1) is 11.1 Å². The highest BCUT2D eigenvalue weighted by molar-refractivity contribution is 7.98. The maximum absolute atomic E-state index is 12.8. The lowest BCUT2D eigenvalue weighted by Crippen LogP contribution is -2.12. The fourth-order valence-corrected chi connectivity index (χ4v) is 5.17. The number of aromatic nitrogens is 5. The van der Waals surface area contributed by atoms with Crippen molar-refractivity contribution in [2.24, 2.45) is 13.0 Å². The highest BCUT2D eigenvalue weighted by atomic mass is 32.2. The van der Waals surface area contributed by atoms with E-state index in [2.05, 4.69) is 40.5 Å². The largest absolute Gasteiger partial charge is 0.309 e. The van der Waals surface area contributed by atoms with Gasteiger partial charge in [-0.1, -0.05) is 32.0 Å². The van der Waals surface area contributed by atoms with Gasteiger partial charge in [-0.3, -0.25) is 4.79 Å². The minimum absolute atomic E-state index is 0.0186. The molecule has 144 valence electrons. The van der Waals surface area contributed by atoms with Gasteiger partial charge in [0.25, 0.3) is 5.56 Å². The van der Waals surface area contributed by atoms with Gasteiger partial charge in [-0.15, -0.1) is 21.5 Å². The lowest BCUT2D eigenvalue weighted by molar-refractivity contribution is 0.561. The normalized spacial score (nSPS) is 15.6. The molecule has 8 heteroatoms. The van der Waals surface area contributed by atoms with E-state index in [0.717, 1.165) is 34.0 Å². The van der Waals surface area contributed by atoms with Crippen molar-refractivity contribution in [3.63, 3.8) is 0 Å². The van der Waals surface area contributed by atoms with Gasteiger partial charge in [-0.05, 0) is 37.7 Å². The van der Waals surface area contributed by atoms with E-state index in [4.69, 9.17) is 4.98 Å². The fraction of sp³-hybridized carbons (Fsp3) is 0.579. The maximum Gasteiger partial charge on any atom is 0.259 e. The minimum atomic E-state index is -0.0186. The number of aromatic amines is 1. The summed E-state index contributed by atoms with van der Waals surface area (Å²) in [6.45, 7) is 6.51. The van der Waals surface area contributed by atoms with Crippen LogP contribution in [0.25, 0.3) is 10.2 Å². The number of fused-ring (bicyclic) bond motifs is 1. The number of hydrogen-bond acceptors (Lipinski definition) is 6. The summed E-state index contributed by atoms with van der Waals surface area (Å²) < 4.78 is 2.07. The van der Waals surface area contributed by atoms with Crippen molar-refractivity contribution in [3.05, 3.63) is 32.4 Å². The van der Waals surface area contributed by atoms with Crippen LogP contribution in [0.15, 0.2) is 9.95 Å². The molecule has 0 amide bonds. The molecule has 6 nitrogen and oxygen atoms in total. The Labute approximate surface area is 166 Å². The number of H-pyrrole nitrogens is 1. The molecule has 0 radical (unpaired) electrons. The van der Waals surface area contributed by atoms with Gasteiger partial charge in [0.15, 0.2) is 5.16 Å². The van der Waals surface area contributed by atoms with E-state index in [1.165, 1.54) is 23.3 Å². The van der Waals surface area contributed by atoms with E-state index in [1.54, 1.807) is 23.1 Å². The molecule has 1 fully saturated rings. The van der Waals surface area contributed by atoms with Crippen LogP contribution >= 0.6 is 23.1 Å². The molecule has 0 aromatic carbocycles. The molecular weight excluding hydrogens is 378 g/mol. The molecule has 4 rings (SSSR count). The van der Waals surface area contributed by atoms with Crippen molar-refractivity contribution in [1.29, 1.82) is 0 Å². The third-order valence-corrected chi connectivity index (χ3v) is 7.38. The summed E-state index contributed by atoms with van der Waals surface area (Å²) in [6, 6.07) is 0. The molecule has 3 aromatic heterocycles. The van der Waals surface area contributed by atoms with Crippen LogP contribution in [0.1, 0.15) is 61.1 Å². The number of nitrogens with zero attached hydrogens (tertiary/aromatic N) is 4. The summed E-state index contributed by atoms with van der Waals surface area (Å²) in [5.74, 6) is 3.49. The predicted molar refractivity (Wildman–Crippen MR) is 111 cm³/mol. The van der Waals surface area contributed by atoms with Crippen LogP contribution in [0.5, 0.6) is 0 Å². The second-order valence-electron chi connectivity index (χ2n) is 7.51. The molecular formula is C19H25N5OS2. The van der Waals surface area contributed by atoms with Crippen LogP contribution < -0.4 is 5.56 Å². The third kappa shape index (κ3) is 3.69. The molecule has 1 aliphatic carbocycles. The Morgan fingerprint density at radius 1 is 1.37 bits per heavy atom. The van der Waals surface area contributed by atoms with Gasteiger partial charge in [0.2, 0.25) is 0 Å². The smallest absolute Gasteiger partial charge is 0.259 e. The first-order valence-corrected chi connectivity index (χ1v) is 11.3. The van der Waals surface area contributed by atoms with E-state index >= 15 is 0 Å². The van der Waals surface area contributed by atoms with Gasteiger partial charge in [-0.2, -0.15) is 0 Å². The number of thiophene rings is 1. The molecule has 0 saturated heterocycles. The fourth-order valence-electron chi connectivity index (χ4n) is 3.31. The number of hydrogen-bond donors (Lipinski definition) is 1. The monoisotopic (exact) mass is 403 g/mol. The van der Waals surface area contributed by atoms with E-state index in [9.17, 15) is 4.79 Å². The summed E-state index contributed by atoms with van der Waals surface area (Å²) in [4.78, 5) is 22.5. The Bertz CT molecular complexity index is 1030. The van der Waals surface area contributed by atoms with Gasteiger partial charge in [0.1, 0.15) is 16.5 Å². The quantitative estimate of drug-likeness (QED) is 0.599. The molecule has 0 bridgehead atoms. The van der Waals surface area contributed by atoms with E-state index in [0.29, 0.717) is 23.4 Å². The number of thioether (sulfide) groups is 1. The molecule has 1 atom stereocenters. The summed E-state index contributed by atoms with van der Waals surface area (Å²) in [7, 11) is 2.01. The van der Waals surface area contributed by atoms with Crippen molar-refractivity contribution >= 4 is 33.3 Å². The van der Waals surface area contributed by atoms with Crippen molar-refractivity contribution in [1.82, 2.24) is 24.7 Å². The molecule has 1 saturated carbocycles. The Balaban J connectivity index is 1.57. The SMILES string of the molecule is CCC(C)Cc1c(C)sc2nc(CSc3nnc(C4CC4)n3C)[nH]c(=O)c12. The lowest BCUT2D eigenvalue weighted by Gasteiger charge is -2.08. The second kappa shape index (κ2) is 7.39. The molecule has 0 aliphatic heterocycles. The number of nitrogens with one attached hydrogen (secondary N) is 1. The Morgan fingerprint density at radius 2 is 2.15 bits per heavy atom. The molecule has 27 heavy (non-hydrogen) atoms. The maximum atomic E-state index is 12.8. The summed E-state index contributed by atoms with van der Waals surface area (Å²) >= 11 is 3.20. The average Bonchev–Trinajstić information content (AvgIpc) is 3.34. The zero-order valence-electron chi connectivity index (χ0n) is 16.2. The Hall–Kier alpha value is -1.67. The first kappa shape index (κ1) is 18.7. The van der Waals surface area contributed by atoms with E-state index < -0.39 is 0 Å². The Morgan fingerprint density at radius 3 is 2.85 bits per heavy atom.